The lowest BCUT2D eigenvalue weighted by Gasteiger charge is -2.11. The molecule has 0 radical (unpaired) electrons. The molecule has 1 aliphatic carbocycles. The van der Waals surface area contributed by atoms with Crippen molar-refractivity contribution >= 4 is 22.5 Å². The molecule has 5 nitrogen and oxygen atoms in total. The number of nitrogens with zero attached hydrogens (tertiary/aromatic N) is 1. The summed E-state index contributed by atoms with van der Waals surface area (Å²) < 4.78 is 0. The SMILES string of the molecule is CCNC(C)c1csc(NC(=O)NC2CCCC2)n1. The van der Waals surface area contributed by atoms with E-state index in [4.69, 9.17) is 0 Å². The molecule has 1 fully saturated rings. The fraction of sp³-hybridized carbons (Fsp3) is 0.692. The topological polar surface area (TPSA) is 66.0 Å². The quantitative estimate of drug-likeness (QED) is 0.778. The van der Waals surface area contributed by atoms with E-state index < -0.39 is 0 Å². The zero-order valence-electron chi connectivity index (χ0n) is 11.5. The molecule has 1 saturated carbocycles. The summed E-state index contributed by atoms with van der Waals surface area (Å²) in [5.74, 6) is 0. The van der Waals surface area contributed by atoms with Crippen LogP contribution in [0.5, 0.6) is 0 Å². The van der Waals surface area contributed by atoms with Crippen LogP contribution in [0.25, 0.3) is 0 Å². The smallest absolute Gasteiger partial charge is 0.321 e. The van der Waals surface area contributed by atoms with E-state index in [0.29, 0.717) is 11.2 Å². The molecule has 1 aliphatic rings. The molecule has 1 atom stereocenters. The number of carbonyl (C=O) groups is 1. The standard InChI is InChI=1S/C13H22N4OS/c1-3-14-9(2)11-8-19-13(16-11)17-12(18)15-10-6-4-5-7-10/h8-10,14H,3-7H2,1-2H3,(H2,15,16,17,18). The Balaban J connectivity index is 1.83. The summed E-state index contributed by atoms with van der Waals surface area (Å²) >= 11 is 1.47. The Kier molecular flexibility index (Phi) is 5.15. The van der Waals surface area contributed by atoms with Crippen molar-refractivity contribution in [3.8, 4) is 0 Å². The van der Waals surface area contributed by atoms with Crippen LogP contribution in [0.1, 0.15) is 51.3 Å². The van der Waals surface area contributed by atoms with E-state index in [0.717, 1.165) is 25.1 Å². The number of hydrogen-bond donors (Lipinski definition) is 3. The summed E-state index contributed by atoms with van der Waals surface area (Å²) in [6.07, 6.45) is 4.61. The van der Waals surface area contributed by atoms with Gasteiger partial charge in [0.05, 0.1) is 5.69 Å². The third-order valence-corrected chi connectivity index (χ3v) is 4.16. The predicted octanol–water partition coefficient (Wildman–Crippen LogP) is 2.88. The van der Waals surface area contributed by atoms with Gasteiger partial charge in [-0.05, 0) is 26.3 Å². The maximum absolute atomic E-state index is 11.8. The summed E-state index contributed by atoms with van der Waals surface area (Å²) in [4.78, 5) is 16.2. The molecule has 3 N–H and O–H groups in total. The molecule has 2 rings (SSSR count). The second kappa shape index (κ2) is 6.86. The fourth-order valence-corrected chi connectivity index (χ4v) is 3.14. The van der Waals surface area contributed by atoms with Crippen molar-refractivity contribution in [3.63, 3.8) is 0 Å². The first-order valence-electron chi connectivity index (χ1n) is 6.95. The molecule has 1 aromatic heterocycles. The Morgan fingerprint density at radius 2 is 2.26 bits per heavy atom. The van der Waals surface area contributed by atoms with Crippen molar-refractivity contribution in [1.29, 1.82) is 0 Å². The highest BCUT2D eigenvalue weighted by atomic mass is 32.1. The van der Waals surface area contributed by atoms with Crippen LogP contribution in [0, 0.1) is 0 Å². The minimum Gasteiger partial charge on any atom is -0.335 e. The number of amides is 2. The minimum absolute atomic E-state index is 0.135. The average Bonchev–Trinajstić information content (AvgIpc) is 3.00. The van der Waals surface area contributed by atoms with E-state index in [-0.39, 0.29) is 12.1 Å². The van der Waals surface area contributed by atoms with Crippen LogP contribution >= 0.6 is 11.3 Å². The normalized spacial score (nSPS) is 17.4. The highest BCUT2D eigenvalue weighted by Gasteiger charge is 2.18. The maximum atomic E-state index is 11.8. The Labute approximate surface area is 118 Å². The van der Waals surface area contributed by atoms with Crippen molar-refractivity contribution in [2.75, 3.05) is 11.9 Å². The van der Waals surface area contributed by atoms with Crippen LogP contribution in [-0.2, 0) is 0 Å². The van der Waals surface area contributed by atoms with Gasteiger partial charge in [0.2, 0.25) is 0 Å². The van der Waals surface area contributed by atoms with Crippen molar-refractivity contribution < 1.29 is 4.79 Å². The summed E-state index contributed by atoms with van der Waals surface area (Å²) in [5, 5.41) is 11.8. The number of urea groups is 1. The van der Waals surface area contributed by atoms with Gasteiger partial charge in [-0.2, -0.15) is 0 Å². The Bertz CT molecular complexity index is 415. The number of anilines is 1. The van der Waals surface area contributed by atoms with Gasteiger partial charge in [-0.15, -0.1) is 11.3 Å². The zero-order valence-corrected chi connectivity index (χ0v) is 12.3. The summed E-state index contributed by atoms with van der Waals surface area (Å²) in [5.41, 5.74) is 0.975. The third kappa shape index (κ3) is 4.18. The summed E-state index contributed by atoms with van der Waals surface area (Å²) in [6, 6.07) is 0.415. The van der Waals surface area contributed by atoms with Crippen molar-refractivity contribution in [2.45, 2.75) is 51.6 Å². The predicted molar refractivity (Wildman–Crippen MR) is 78.6 cm³/mol. The first kappa shape index (κ1) is 14.3. The van der Waals surface area contributed by atoms with Gasteiger partial charge in [0, 0.05) is 17.5 Å². The number of thiazole rings is 1. The largest absolute Gasteiger partial charge is 0.335 e. The molecule has 0 saturated heterocycles. The van der Waals surface area contributed by atoms with Crippen LogP contribution in [0.15, 0.2) is 5.38 Å². The maximum Gasteiger partial charge on any atom is 0.321 e. The lowest BCUT2D eigenvalue weighted by atomic mass is 10.2. The van der Waals surface area contributed by atoms with Gasteiger partial charge in [-0.25, -0.2) is 9.78 Å². The van der Waals surface area contributed by atoms with Gasteiger partial charge in [0.25, 0.3) is 0 Å². The monoisotopic (exact) mass is 282 g/mol. The van der Waals surface area contributed by atoms with Crippen LogP contribution in [0.3, 0.4) is 0 Å². The molecule has 0 spiro atoms. The lowest BCUT2D eigenvalue weighted by Crippen LogP contribution is -2.36. The minimum atomic E-state index is -0.135. The Morgan fingerprint density at radius 3 is 2.95 bits per heavy atom. The first-order chi connectivity index (χ1) is 9.19. The molecule has 19 heavy (non-hydrogen) atoms. The molecule has 0 bridgehead atoms. The van der Waals surface area contributed by atoms with E-state index in [9.17, 15) is 4.79 Å². The van der Waals surface area contributed by atoms with Gasteiger partial charge >= 0.3 is 6.03 Å². The molecule has 106 valence electrons. The lowest BCUT2D eigenvalue weighted by molar-refractivity contribution is 0.248. The molecule has 0 aromatic carbocycles. The number of carbonyl (C=O) groups excluding carboxylic acids is 1. The van der Waals surface area contributed by atoms with Gasteiger partial charge in [0.1, 0.15) is 0 Å². The second-order valence-electron chi connectivity index (χ2n) is 4.94. The van der Waals surface area contributed by atoms with Crippen LogP contribution in [0.2, 0.25) is 0 Å². The first-order valence-corrected chi connectivity index (χ1v) is 7.83. The van der Waals surface area contributed by atoms with Crippen LogP contribution < -0.4 is 16.0 Å². The van der Waals surface area contributed by atoms with E-state index in [1.54, 1.807) is 0 Å². The number of rotatable bonds is 5. The molecule has 1 heterocycles. The third-order valence-electron chi connectivity index (χ3n) is 3.39. The van der Waals surface area contributed by atoms with E-state index in [2.05, 4.69) is 34.8 Å². The van der Waals surface area contributed by atoms with Gasteiger partial charge in [-0.1, -0.05) is 19.8 Å². The summed E-state index contributed by atoms with van der Waals surface area (Å²) in [7, 11) is 0. The van der Waals surface area contributed by atoms with Crippen LogP contribution in [0.4, 0.5) is 9.93 Å². The molecule has 1 aromatic rings. The molecular formula is C13H22N4OS. The van der Waals surface area contributed by atoms with Gasteiger partial charge in [0.15, 0.2) is 5.13 Å². The zero-order chi connectivity index (χ0) is 13.7. The van der Waals surface area contributed by atoms with E-state index >= 15 is 0 Å². The van der Waals surface area contributed by atoms with Crippen molar-refractivity contribution in [2.24, 2.45) is 0 Å². The van der Waals surface area contributed by atoms with Crippen molar-refractivity contribution in [3.05, 3.63) is 11.1 Å². The molecule has 0 aliphatic heterocycles. The number of nitrogens with one attached hydrogen (secondary N) is 3. The number of aromatic nitrogens is 1. The van der Waals surface area contributed by atoms with E-state index in [1.807, 2.05) is 5.38 Å². The average molecular weight is 282 g/mol. The molecule has 1 unspecified atom stereocenters. The van der Waals surface area contributed by atoms with Gasteiger partial charge in [-0.3, -0.25) is 5.32 Å². The molecular weight excluding hydrogens is 260 g/mol. The van der Waals surface area contributed by atoms with Crippen molar-refractivity contribution in [1.82, 2.24) is 15.6 Å². The number of hydrogen-bond acceptors (Lipinski definition) is 4. The second-order valence-corrected chi connectivity index (χ2v) is 5.79. The highest BCUT2D eigenvalue weighted by Crippen LogP contribution is 2.21. The Hall–Kier alpha value is -1.14. The fourth-order valence-electron chi connectivity index (χ4n) is 2.34. The van der Waals surface area contributed by atoms with E-state index in [1.165, 1.54) is 24.2 Å². The molecule has 2 amide bonds. The van der Waals surface area contributed by atoms with Gasteiger partial charge < -0.3 is 10.6 Å². The van der Waals surface area contributed by atoms with Crippen LogP contribution in [-0.4, -0.2) is 23.6 Å². The molecule has 6 heteroatoms. The Morgan fingerprint density at radius 1 is 1.53 bits per heavy atom. The highest BCUT2D eigenvalue weighted by molar-refractivity contribution is 7.13. The summed E-state index contributed by atoms with van der Waals surface area (Å²) in [6.45, 7) is 5.04.